The van der Waals surface area contributed by atoms with E-state index in [0.717, 1.165) is 72.9 Å². The van der Waals surface area contributed by atoms with Crippen molar-refractivity contribution in [2.45, 2.75) is 6.42 Å². The first kappa shape index (κ1) is 37.7. The van der Waals surface area contributed by atoms with Crippen molar-refractivity contribution in [3.63, 3.8) is 0 Å². The SMILES string of the molecule is C=C1/C=C\C=C/C/C(c2ccc3ccccc3c2)=c2/ccccc2=C1c1cccc(-c2nc(-c3cccc(-c4cccnc4)c3)cc(-c3cc4ccccc4c4ccccc34)n2)c1. The van der Waals surface area contributed by atoms with Crippen LogP contribution in [0.4, 0.5) is 0 Å². The van der Waals surface area contributed by atoms with Crippen molar-refractivity contribution in [1.29, 1.82) is 0 Å². The quantitative estimate of drug-likeness (QED) is 0.157. The highest BCUT2D eigenvalue weighted by Crippen LogP contribution is 2.37. The number of rotatable bonds is 6. The van der Waals surface area contributed by atoms with Crippen LogP contribution in [0.2, 0.25) is 0 Å². The normalized spacial score (nSPS) is 14.7. The molecule has 296 valence electrons. The van der Waals surface area contributed by atoms with Crippen LogP contribution in [0, 0.1) is 0 Å². The van der Waals surface area contributed by atoms with E-state index in [1.165, 1.54) is 43.3 Å². The Labute approximate surface area is 366 Å². The van der Waals surface area contributed by atoms with Gasteiger partial charge in [0.25, 0.3) is 0 Å². The van der Waals surface area contributed by atoms with Crippen molar-refractivity contribution in [3.8, 4) is 45.0 Å². The Morgan fingerprint density at radius 2 is 1.11 bits per heavy atom. The lowest BCUT2D eigenvalue weighted by molar-refractivity contribution is 1.18. The maximum absolute atomic E-state index is 5.44. The second-order valence-corrected chi connectivity index (χ2v) is 16.0. The molecule has 2 heterocycles. The molecule has 0 aliphatic heterocycles. The van der Waals surface area contributed by atoms with Gasteiger partial charge in [0.15, 0.2) is 5.82 Å². The summed E-state index contributed by atoms with van der Waals surface area (Å²) in [5, 5.41) is 9.51. The first-order valence-corrected chi connectivity index (χ1v) is 21.4. The maximum Gasteiger partial charge on any atom is 0.160 e. The molecule has 1 aliphatic rings. The smallest absolute Gasteiger partial charge is 0.160 e. The van der Waals surface area contributed by atoms with Crippen molar-refractivity contribution in [2.24, 2.45) is 0 Å². The molecule has 8 aromatic carbocycles. The third-order valence-electron chi connectivity index (χ3n) is 12.1. The van der Waals surface area contributed by atoms with E-state index in [9.17, 15) is 0 Å². The van der Waals surface area contributed by atoms with Gasteiger partial charge in [0.05, 0.1) is 11.4 Å². The van der Waals surface area contributed by atoms with Gasteiger partial charge in [0, 0.05) is 34.6 Å². The van der Waals surface area contributed by atoms with E-state index < -0.39 is 0 Å². The van der Waals surface area contributed by atoms with Crippen LogP contribution in [-0.2, 0) is 0 Å². The van der Waals surface area contributed by atoms with Gasteiger partial charge in [0.1, 0.15) is 0 Å². The van der Waals surface area contributed by atoms with E-state index in [1.807, 2.05) is 12.3 Å². The Balaban J connectivity index is 1.14. The lowest BCUT2D eigenvalue weighted by Crippen LogP contribution is -2.30. The average Bonchev–Trinajstić information content (AvgIpc) is 3.35. The van der Waals surface area contributed by atoms with E-state index in [4.69, 9.17) is 9.97 Å². The molecule has 0 N–H and O–H groups in total. The van der Waals surface area contributed by atoms with Crippen LogP contribution in [0.5, 0.6) is 0 Å². The molecule has 63 heavy (non-hydrogen) atoms. The summed E-state index contributed by atoms with van der Waals surface area (Å²) in [6, 6.07) is 67.0. The first-order chi connectivity index (χ1) is 31.1. The number of hydrogen-bond acceptors (Lipinski definition) is 3. The average molecular weight is 804 g/mol. The van der Waals surface area contributed by atoms with Crippen molar-refractivity contribution < 1.29 is 0 Å². The Kier molecular flexibility index (Phi) is 9.76. The maximum atomic E-state index is 5.44. The molecular formula is C60H41N3. The molecule has 1 aliphatic carbocycles. The van der Waals surface area contributed by atoms with Gasteiger partial charge in [0.2, 0.25) is 0 Å². The van der Waals surface area contributed by atoms with E-state index in [1.54, 1.807) is 6.20 Å². The molecule has 0 atom stereocenters. The zero-order valence-corrected chi connectivity index (χ0v) is 34.6. The molecule has 0 radical (unpaired) electrons. The molecule has 3 heteroatoms. The standard InChI is InChI=1S/C60H41N3/c1-40-16-3-2-4-25-51(45-32-31-41-17-5-6-18-42(41)34-45)53-28-11-12-30-55(53)59(40)47-22-14-23-48(36-47)60-62-57(46-21-13-20-43(35-46)49-24-15-33-61-39-49)38-58(63-60)56-37-44-19-7-8-26-50(44)52-27-9-10-29-54(52)56/h2-24,26-39H,1,25H2/b4-2-,16-3-,53-51+,59-55?. The predicted molar refractivity (Wildman–Crippen MR) is 263 cm³/mol. The fourth-order valence-electron chi connectivity index (χ4n) is 9.09. The summed E-state index contributed by atoms with van der Waals surface area (Å²) in [7, 11) is 0. The number of benzene rings is 8. The number of aromatic nitrogens is 3. The molecule has 3 nitrogen and oxygen atoms in total. The Bertz CT molecular complexity index is 3610. The van der Waals surface area contributed by atoms with Crippen LogP contribution in [0.3, 0.4) is 0 Å². The van der Waals surface area contributed by atoms with Gasteiger partial charge in [-0.1, -0.05) is 183 Å². The van der Waals surface area contributed by atoms with Gasteiger partial charge < -0.3 is 0 Å². The summed E-state index contributed by atoms with van der Waals surface area (Å²) < 4.78 is 0. The lowest BCUT2D eigenvalue weighted by Gasteiger charge is -2.15. The second-order valence-electron chi connectivity index (χ2n) is 16.0. The third-order valence-corrected chi connectivity index (χ3v) is 12.1. The Morgan fingerprint density at radius 1 is 0.429 bits per heavy atom. The Hall–Kier alpha value is -8.27. The highest BCUT2D eigenvalue weighted by atomic mass is 14.9. The molecule has 11 rings (SSSR count). The molecule has 0 spiro atoms. The molecular weight excluding hydrogens is 763 g/mol. The summed E-state index contributed by atoms with van der Waals surface area (Å²) in [5.41, 5.74) is 12.3. The zero-order chi connectivity index (χ0) is 42.1. The fourth-order valence-corrected chi connectivity index (χ4v) is 9.09. The van der Waals surface area contributed by atoms with Crippen molar-refractivity contribution in [2.75, 3.05) is 0 Å². The number of nitrogens with zero attached hydrogens (tertiary/aromatic N) is 3. The van der Waals surface area contributed by atoms with Crippen molar-refractivity contribution in [3.05, 3.63) is 258 Å². The highest BCUT2D eigenvalue weighted by Gasteiger charge is 2.17. The van der Waals surface area contributed by atoms with Crippen LogP contribution in [0.1, 0.15) is 17.5 Å². The largest absolute Gasteiger partial charge is 0.264 e. The number of pyridine rings is 1. The number of hydrogen-bond donors (Lipinski definition) is 0. The van der Waals surface area contributed by atoms with Gasteiger partial charge in [-0.25, -0.2) is 9.97 Å². The third kappa shape index (κ3) is 7.26. The summed E-state index contributed by atoms with van der Waals surface area (Å²) in [6.07, 6.45) is 13.1. The molecule has 10 aromatic rings. The van der Waals surface area contributed by atoms with Gasteiger partial charge in [-0.3, -0.25) is 4.98 Å². The summed E-state index contributed by atoms with van der Waals surface area (Å²) >= 11 is 0. The van der Waals surface area contributed by atoms with Crippen LogP contribution < -0.4 is 10.4 Å². The molecule has 2 aromatic heterocycles. The topological polar surface area (TPSA) is 38.7 Å². The minimum Gasteiger partial charge on any atom is -0.264 e. The van der Waals surface area contributed by atoms with Crippen LogP contribution in [0.15, 0.2) is 237 Å². The minimum atomic E-state index is 0.648. The van der Waals surface area contributed by atoms with Crippen molar-refractivity contribution in [1.82, 2.24) is 15.0 Å². The number of allylic oxidation sites excluding steroid dienone is 5. The van der Waals surface area contributed by atoms with Gasteiger partial charge in [-0.2, -0.15) is 0 Å². The monoisotopic (exact) mass is 803 g/mol. The minimum absolute atomic E-state index is 0.648. The summed E-state index contributed by atoms with van der Waals surface area (Å²) in [5.74, 6) is 0.648. The van der Waals surface area contributed by atoms with Crippen LogP contribution in [0.25, 0.3) is 88.5 Å². The number of fused-ring (bicyclic) bond motifs is 5. The van der Waals surface area contributed by atoms with E-state index in [2.05, 4.69) is 218 Å². The second kappa shape index (κ2) is 16.3. The van der Waals surface area contributed by atoms with E-state index in [0.29, 0.717) is 5.82 Å². The molecule has 0 unspecified atom stereocenters. The molecule has 0 saturated carbocycles. The zero-order valence-electron chi connectivity index (χ0n) is 34.6. The van der Waals surface area contributed by atoms with Crippen LogP contribution >= 0.6 is 0 Å². The lowest BCUT2D eigenvalue weighted by atomic mass is 9.90. The van der Waals surface area contributed by atoms with Gasteiger partial charge >= 0.3 is 0 Å². The Morgan fingerprint density at radius 3 is 1.97 bits per heavy atom. The summed E-state index contributed by atoms with van der Waals surface area (Å²) in [6.45, 7) is 4.68. The van der Waals surface area contributed by atoms with Crippen LogP contribution in [-0.4, -0.2) is 15.0 Å². The molecule has 0 bridgehead atoms. The highest BCUT2D eigenvalue weighted by molar-refractivity contribution is 6.13. The van der Waals surface area contributed by atoms with E-state index in [-0.39, 0.29) is 0 Å². The van der Waals surface area contributed by atoms with Gasteiger partial charge in [-0.05, 0) is 119 Å². The fraction of sp³-hybridized carbons (Fsp3) is 0.0167. The van der Waals surface area contributed by atoms with Gasteiger partial charge in [-0.15, -0.1) is 0 Å². The molecule has 0 fully saturated rings. The first-order valence-electron chi connectivity index (χ1n) is 21.4. The molecule has 0 amide bonds. The predicted octanol–water partition coefficient (Wildman–Crippen LogP) is 13.5. The van der Waals surface area contributed by atoms with Crippen molar-refractivity contribution >= 4 is 43.5 Å². The van der Waals surface area contributed by atoms with E-state index >= 15 is 0 Å². The summed E-state index contributed by atoms with van der Waals surface area (Å²) in [4.78, 5) is 15.2. The molecule has 0 saturated heterocycles.